The van der Waals surface area contributed by atoms with Crippen molar-refractivity contribution in [3.8, 4) is 0 Å². The molecule has 0 spiro atoms. The van der Waals surface area contributed by atoms with Crippen molar-refractivity contribution < 1.29 is 39.7 Å². The van der Waals surface area contributed by atoms with Crippen molar-refractivity contribution in [1.82, 2.24) is 0 Å². The summed E-state index contributed by atoms with van der Waals surface area (Å²) in [7, 11) is 0. The Kier molecular flexibility index (Phi) is 8.90. The maximum absolute atomic E-state index is 10.3. The molecule has 6 rings (SSSR count). The first kappa shape index (κ1) is 30.7. The fourth-order valence-electron chi connectivity index (χ4n) is 11.4. The van der Waals surface area contributed by atoms with Gasteiger partial charge in [-0.15, -0.1) is 0 Å². The minimum Gasteiger partial charge on any atom is -0.396 e. The quantitative estimate of drug-likeness (QED) is 0.296. The van der Waals surface area contributed by atoms with Crippen LogP contribution >= 0.6 is 0 Å². The number of ether oxygens (including phenoxy) is 3. The molecule has 2 saturated heterocycles. The molecule has 8 nitrogen and oxygen atoms in total. The second-order valence-corrected chi connectivity index (χ2v) is 15.4. The Morgan fingerprint density at radius 3 is 2.41 bits per heavy atom. The number of rotatable bonds is 8. The van der Waals surface area contributed by atoms with Crippen molar-refractivity contribution in [2.24, 2.45) is 52.3 Å². The fourth-order valence-corrected chi connectivity index (χ4v) is 11.4. The number of hydrogen-bond donors (Lipinski definition) is 5. The lowest BCUT2D eigenvalue weighted by Crippen LogP contribution is -2.59. The van der Waals surface area contributed by atoms with Gasteiger partial charge in [-0.2, -0.15) is 0 Å². The van der Waals surface area contributed by atoms with Crippen LogP contribution in [0, 0.1) is 52.3 Å². The van der Waals surface area contributed by atoms with Crippen LogP contribution in [0.4, 0.5) is 0 Å². The van der Waals surface area contributed by atoms with Crippen LogP contribution in [0.1, 0.15) is 91.4 Å². The molecule has 2 heterocycles. The van der Waals surface area contributed by atoms with Crippen LogP contribution in [-0.4, -0.2) is 88.3 Å². The van der Waals surface area contributed by atoms with Gasteiger partial charge in [0.25, 0.3) is 0 Å². The van der Waals surface area contributed by atoms with E-state index in [-0.39, 0.29) is 25.2 Å². The van der Waals surface area contributed by atoms with Gasteiger partial charge < -0.3 is 39.7 Å². The standard InChI is InChI=1S/C33H56O8/c1-18-24(10-7-19(15-34)17-39-31-30(38)29(37)28(36)26(16-35)41-31)40-25-14-23-21-9-8-20-6-4-5-12-32(20,2)22(21)11-13-33(23,3)27(18)25/h18-31,34-38H,4-17H2,1-3H3/t18-,19?,20?,21-,22+,23+,24?,25+,26-,27+,28-,29+,30-,31-,32+,33+/m1/s1. The number of aliphatic hydroxyl groups excluding tert-OH is 5. The summed E-state index contributed by atoms with van der Waals surface area (Å²) in [5.41, 5.74) is 0.923. The average molecular weight is 581 g/mol. The molecule has 236 valence electrons. The Hall–Kier alpha value is -0.320. The van der Waals surface area contributed by atoms with Gasteiger partial charge in [-0.05, 0) is 104 Å². The Labute approximate surface area is 246 Å². The predicted octanol–water partition coefficient (Wildman–Crippen LogP) is 3.25. The van der Waals surface area contributed by atoms with Crippen molar-refractivity contribution in [2.75, 3.05) is 19.8 Å². The molecule has 0 aromatic rings. The van der Waals surface area contributed by atoms with Crippen molar-refractivity contribution in [2.45, 2.75) is 134 Å². The number of hydrogen-bond acceptors (Lipinski definition) is 8. The Morgan fingerprint density at radius 2 is 1.66 bits per heavy atom. The molecule has 3 unspecified atom stereocenters. The van der Waals surface area contributed by atoms with Crippen molar-refractivity contribution in [3.63, 3.8) is 0 Å². The van der Waals surface area contributed by atoms with Gasteiger partial charge in [0.2, 0.25) is 0 Å². The molecule has 2 aliphatic heterocycles. The van der Waals surface area contributed by atoms with Crippen LogP contribution in [-0.2, 0) is 14.2 Å². The van der Waals surface area contributed by atoms with E-state index in [2.05, 4.69) is 20.8 Å². The van der Waals surface area contributed by atoms with Crippen molar-refractivity contribution in [3.05, 3.63) is 0 Å². The van der Waals surface area contributed by atoms with E-state index >= 15 is 0 Å². The summed E-state index contributed by atoms with van der Waals surface area (Å²) in [5.74, 6) is 4.43. The number of fused-ring (bicyclic) bond motifs is 7. The average Bonchev–Trinajstić information content (AvgIpc) is 3.45. The van der Waals surface area contributed by atoms with Crippen LogP contribution in [0.5, 0.6) is 0 Å². The molecule has 16 atom stereocenters. The summed E-state index contributed by atoms with van der Waals surface area (Å²) in [6.07, 6.45) is 8.20. The molecule has 41 heavy (non-hydrogen) atoms. The summed E-state index contributed by atoms with van der Waals surface area (Å²) < 4.78 is 18.1. The van der Waals surface area contributed by atoms with Crippen molar-refractivity contribution in [1.29, 1.82) is 0 Å². The molecule has 8 heteroatoms. The largest absolute Gasteiger partial charge is 0.396 e. The normalized spacial score (nSPS) is 53.7. The van der Waals surface area contributed by atoms with Gasteiger partial charge in [-0.1, -0.05) is 33.6 Å². The van der Waals surface area contributed by atoms with E-state index in [1.54, 1.807) is 0 Å². The molecule has 6 aliphatic rings. The Balaban J connectivity index is 1.04. The lowest BCUT2D eigenvalue weighted by atomic mass is 9.44. The van der Waals surface area contributed by atoms with Gasteiger partial charge in [-0.25, -0.2) is 0 Å². The van der Waals surface area contributed by atoms with Gasteiger partial charge in [0, 0.05) is 12.5 Å². The molecule has 0 amide bonds. The van der Waals surface area contributed by atoms with E-state index in [1.807, 2.05) is 0 Å². The molecule has 6 fully saturated rings. The summed E-state index contributed by atoms with van der Waals surface area (Å²) >= 11 is 0. The molecule has 0 bridgehead atoms. The minimum atomic E-state index is -1.47. The lowest BCUT2D eigenvalue weighted by molar-refractivity contribution is -0.303. The van der Waals surface area contributed by atoms with Gasteiger partial charge in [0.05, 0.1) is 25.4 Å². The molecule has 0 aromatic heterocycles. The smallest absolute Gasteiger partial charge is 0.186 e. The van der Waals surface area contributed by atoms with E-state index in [9.17, 15) is 25.5 Å². The SMILES string of the molecule is C[C@@H]1C(CCC(CO)CO[C@@H]2O[C@H](CO)[C@@H](O)[C@H](O)[C@H]2O)O[C@H]2C[C@H]3[C@@H]4CCC5CCCC[C@]5(C)[C@H]4CC[C@]3(C)[C@H]21. The monoisotopic (exact) mass is 580 g/mol. The van der Waals surface area contributed by atoms with E-state index in [4.69, 9.17) is 14.2 Å². The molecule has 0 aromatic carbocycles. The Bertz CT molecular complexity index is 900. The first-order valence-corrected chi connectivity index (χ1v) is 16.8. The van der Waals surface area contributed by atoms with Crippen LogP contribution in [0.2, 0.25) is 0 Å². The van der Waals surface area contributed by atoms with Gasteiger partial charge >= 0.3 is 0 Å². The molecule has 4 saturated carbocycles. The van der Waals surface area contributed by atoms with E-state index in [0.717, 1.165) is 36.5 Å². The Morgan fingerprint density at radius 1 is 0.854 bits per heavy atom. The maximum atomic E-state index is 10.3. The van der Waals surface area contributed by atoms with E-state index in [0.29, 0.717) is 28.8 Å². The molecule has 5 N–H and O–H groups in total. The summed E-state index contributed by atoms with van der Waals surface area (Å²) in [5, 5.41) is 49.8. The second kappa shape index (κ2) is 11.9. The van der Waals surface area contributed by atoms with Crippen LogP contribution in [0.15, 0.2) is 0 Å². The highest BCUT2D eigenvalue weighted by Crippen LogP contribution is 2.70. The lowest BCUT2D eigenvalue weighted by Gasteiger charge is -2.60. The first-order chi connectivity index (χ1) is 19.6. The predicted molar refractivity (Wildman–Crippen MR) is 153 cm³/mol. The summed E-state index contributed by atoms with van der Waals surface area (Å²) in [6.45, 7) is 7.24. The topological polar surface area (TPSA) is 129 Å². The van der Waals surface area contributed by atoms with E-state index in [1.165, 1.54) is 57.8 Å². The van der Waals surface area contributed by atoms with Crippen molar-refractivity contribution >= 4 is 0 Å². The summed E-state index contributed by atoms with van der Waals surface area (Å²) in [4.78, 5) is 0. The number of aliphatic hydroxyl groups is 5. The van der Waals surface area contributed by atoms with Crippen LogP contribution in [0.25, 0.3) is 0 Å². The molecular formula is C33H56O8. The summed E-state index contributed by atoms with van der Waals surface area (Å²) in [6, 6.07) is 0. The third-order valence-corrected chi connectivity index (χ3v) is 13.6. The van der Waals surface area contributed by atoms with Crippen LogP contribution < -0.4 is 0 Å². The van der Waals surface area contributed by atoms with Gasteiger partial charge in [0.15, 0.2) is 6.29 Å². The molecule has 4 aliphatic carbocycles. The zero-order valence-corrected chi connectivity index (χ0v) is 25.4. The van der Waals surface area contributed by atoms with Crippen LogP contribution in [0.3, 0.4) is 0 Å². The molecular weight excluding hydrogens is 524 g/mol. The highest BCUT2D eigenvalue weighted by molar-refractivity contribution is 5.13. The second-order valence-electron chi connectivity index (χ2n) is 15.4. The van der Waals surface area contributed by atoms with E-state index < -0.39 is 37.3 Å². The zero-order chi connectivity index (χ0) is 29.1. The van der Waals surface area contributed by atoms with Gasteiger partial charge in [-0.3, -0.25) is 0 Å². The third kappa shape index (κ3) is 5.14. The highest BCUT2D eigenvalue weighted by atomic mass is 16.7. The molecule has 0 radical (unpaired) electrons. The fraction of sp³-hybridized carbons (Fsp3) is 1.00. The maximum Gasteiger partial charge on any atom is 0.186 e. The minimum absolute atomic E-state index is 0.0615. The first-order valence-electron chi connectivity index (χ1n) is 16.8. The zero-order valence-electron chi connectivity index (χ0n) is 25.4. The third-order valence-electron chi connectivity index (χ3n) is 13.6. The van der Waals surface area contributed by atoms with Gasteiger partial charge in [0.1, 0.15) is 24.4 Å². The highest BCUT2D eigenvalue weighted by Gasteiger charge is 2.65.